The van der Waals surface area contributed by atoms with Gasteiger partial charge in [-0.25, -0.2) is 0 Å². The van der Waals surface area contributed by atoms with E-state index in [1.165, 1.54) is 41.6 Å². The van der Waals surface area contributed by atoms with Gasteiger partial charge < -0.3 is 14.8 Å². The lowest BCUT2D eigenvalue weighted by Gasteiger charge is -2.36. The number of phenolic OH excluding ortho intramolecular Hbond substituents is 1. The zero-order chi connectivity index (χ0) is 23.1. The highest BCUT2D eigenvalue weighted by atomic mass is 16.3. The van der Waals surface area contributed by atoms with Crippen molar-refractivity contribution in [2.45, 2.75) is 56.8 Å². The molecule has 0 aromatic heterocycles. The second kappa shape index (κ2) is 8.94. The Morgan fingerprint density at radius 3 is 2.44 bits per heavy atom. The number of aromatic hydroxyl groups is 1. The van der Waals surface area contributed by atoms with Crippen LogP contribution in [0.5, 0.6) is 5.75 Å². The first-order chi connectivity index (χ1) is 16.7. The fraction of sp³-hybridized carbons (Fsp3) is 0.387. The Kier molecular flexibility index (Phi) is 5.64. The number of carbonyl (C=O) groups is 1. The Bertz CT molecular complexity index is 1190. The number of rotatable bonds is 4. The minimum atomic E-state index is 0.221. The molecule has 0 bridgehead atoms. The van der Waals surface area contributed by atoms with Crippen LogP contribution in [-0.2, 0) is 24.1 Å². The first-order valence-corrected chi connectivity index (χ1v) is 12.9. The highest BCUT2D eigenvalue weighted by molar-refractivity contribution is 5.57. The first-order valence-electron chi connectivity index (χ1n) is 12.9. The Morgan fingerprint density at radius 1 is 0.824 bits per heavy atom. The summed E-state index contributed by atoms with van der Waals surface area (Å²) < 4.78 is 0. The molecule has 6 rings (SSSR count). The molecule has 1 aliphatic heterocycles. The summed E-state index contributed by atoms with van der Waals surface area (Å²) in [5.74, 6) is 1.34. The highest BCUT2D eigenvalue weighted by Crippen LogP contribution is 2.49. The number of fused-ring (bicyclic) bond motifs is 2. The minimum Gasteiger partial charge on any atom is -0.508 e. The largest absolute Gasteiger partial charge is 0.508 e. The van der Waals surface area contributed by atoms with Crippen LogP contribution in [0.2, 0.25) is 0 Å². The monoisotopic (exact) mass is 451 g/mol. The van der Waals surface area contributed by atoms with E-state index >= 15 is 0 Å². The lowest BCUT2D eigenvalue weighted by atomic mass is 9.68. The minimum absolute atomic E-state index is 0.221. The van der Waals surface area contributed by atoms with Gasteiger partial charge in [0, 0.05) is 30.6 Å². The van der Waals surface area contributed by atoms with Crippen molar-refractivity contribution < 1.29 is 9.90 Å². The molecule has 0 spiro atoms. The van der Waals surface area contributed by atoms with Crippen molar-refractivity contribution in [2.75, 3.05) is 18.0 Å². The van der Waals surface area contributed by atoms with Crippen molar-refractivity contribution in [3.05, 3.63) is 94.0 Å². The van der Waals surface area contributed by atoms with Crippen LogP contribution >= 0.6 is 0 Å². The van der Waals surface area contributed by atoms with Crippen molar-refractivity contribution in [1.29, 1.82) is 0 Å². The molecule has 3 aliphatic rings. The van der Waals surface area contributed by atoms with Crippen LogP contribution in [0.4, 0.5) is 5.69 Å². The van der Waals surface area contributed by atoms with E-state index in [4.69, 9.17) is 0 Å². The molecule has 3 aromatic carbocycles. The van der Waals surface area contributed by atoms with Crippen molar-refractivity contribution in [3.63, 3.8) is 0 Å². The number of hydrogen-bond acceptors (Lipinski definition) is 3. The van der Waals surface area contributed by atoms with E-state index in [0.29, 0.717) is 17.6 Å². The third-order valence-electron chi connectivity index (χ3n) is 8.52. The van der Waals surface area contributed by atoms with Gasteiger partial charge in [0.15, 0.2) is 0 Å². The second-order valence-corrected chi connectivity index (χ2v) is 10.4. The Hall–Kier alpha value is -3.07. The summed E-state index contributed by atoms with van der Waals surface area (Å²) in [6.07, 6.45) is 8.82. The van der Waals surface area contributed by atoms with Crippen LogP contribution in [0.3, 0.4) is 0 Å². The molecule has 2 aliphatic carbocycles. The van der Waals surface area contributed by atoms with Gasteiger partial charge in [0.05, 0.1) is 0 Å². The summed E-state index contributed by atoms with van der Waals surface area (Å²) in [4.78, 5) is 13.5. The molecule has 1 saturated heterocycles. The second-order valence-electron chi connectivity index (χ2n) is 10.4. The fourth-order valence-corrected chi connectivity index (χ4v) is 6.74. The van der Waals surface area contributed by atoms with Gasteiger partial charge in [-0.15, -0.1) is 0 Å². The average Bonchev–Trinajstić information content (AvgIpc) is 3.37. The fourth-order valence-electron chi connectivity index (χ4n) is 6.74. The average molecular weight is 452 g/mol. The standard InChI is InChI=1S/C31H33NO2/c33-20-21-15-17-32(18-16-21)25-10-7-23(8-11-25)31-28-14-12-26(34)19-24(28)9-13-30(31)29-6-2-4-22-3-1-5-27(22)29/h2,4,6-8,10-12,14,19-21,30-31,34H,1,3,5,9,13,15-18H2/t30-,31-/m1/s1. The highest BCUT2D eigenvalue weighted by Gasteiger charge is 2.34. The number of carbonyl (C=O) groups excluding carboxylic acids is 1. The van der Waals surface area contributed by atoms with Crippen molar-refractivity contribution in [1.82, 2.24) is 0 Å². The van der Waals surface area contributed by atoms with Gasteiger partial charge in [-0.1, -0.05) is 36.4 Å². The number of phenols is 1. The van der Waals surface area contributed by atoms with Gasteiger partial charge in [0.1, 0.15) is 12.0 Å². The predicted molar refractivity (Wildman–Crippen MR) is 137 cm³/mol. The molecular formula is C31H33NO2. The number of aldehydes is 1. The van der Waals surface area contributed by atoms with Gasteiger partial charge in [-0.2, -0.15) is 0 Å². The SMILES string of the molecule is O=CC1CCN(c2ccc([C@@H]3c4ccc(O)cc4CC[C@@H]3c3cccc4c3CCC4)cc2)CC1. The Morgan fingerprint density at radius 2 is 1.65 bits per heavy atom. The molecule has 34 heavy (non-hydrogen) atoms. The van der Waals surface area contributed by atoms with E-state index in [-0.39, 0.29) is 5.92 Å². The molecule has 2 atom stereocenters. The topological polar surface area (TPSA) is 40.5 Å². The molecule has 0 saturated carbocycles. The Labute approximate surface area is 202 Å². The molecule has 0 radical (unpaired) electrons. The van der Waals surface area contributed by atoms with Crippen molar-refractivity contribution in [2.24, 2.45) is 5.92 Å². The third-order valence-corrected chi connectivity index (χ3v) is 8.52. The van der Waals surface area contributed by atoms with E-state index in [9.17, 15) is 9.90 Å². The zero-order valence-electron chi connectivity index (χ0n) is 19.7. The van der Waals surface area contributed by atoms with E-state index in [1.807, 2.05) is 12.1 Å². The van der Waals surface area contributed by atoms with Gasteiger partial charge in [0.25, 0.3) is 0 Å². The van der Waals surface area contributed by atoms with E-state index in [0.717, 1.165) is 45.1 Å². The molecule has 3 heteroatoms. The third kappa shape index (κ3) is 3.81. The molecular weight excluding hydrogens is 418 g/mol. The molecule has 1 N–H and O–H groups in total. The molecule has 0 unspecified atom stereocenters. The van der Waals surface area contributed by atoms with Crippen LogP contribution in [0, 0.1) is 5.92 Å². The number of hydrogen-bond donors (Lipinski definition) is 1. The van der Waals surface area contributed by atoms with E-state index in [2.05, 4.69) is 53.4 Å². The molecule has 1 fully saturated rings. The normalized spacial score (nSPS) is 22.3. The van der Waals surface area contributed by atoms with Crippen molar-refractivity contribution >= 4 is 12.0 Å². The maximum absolute atomic E-state index is 11.1. The maximum Gasteiger partial charge on any atom is 0.123 e. The number of piperidine rings is 1. The number of nitrogens with zero attached hydrogens (tertiary/aromatic N) is 1. The van der Waals surface area contributed by atoms with Crippen LogP contribution in [-0.4, -0.2) is 24.5 Å². The summed E-state index contributed by atoms with van der Waals surface area (Å²) in [6, 6.07) is 22.1. The van der Waals surface area contributed by atoms with Crippen molar-refractivity contribution in [3.8, 4) is 5.75 Å². The molecule has 3 nitrogen and oxygen atoms in total. The van der Waals surface area contributed by atoms with Crippen LogP contribution < -0.4 is 4.90 Å². The first kappa shape index (κ1) is 21.5. The zero-order valence-corrected chi connectivity index (χ0v) is 19.7. The van der Waals surface area contributed by atoms with Gasteiger partial charge >= 0.3 is 0 Å². The van der Waals surface area contributed by atoms with Gasteiger partial charge in [0.2, 0.25) is 0 Å². The quantitative estimate of drug-likeness (QED) is 0.483. The number of aryl methyl sites for hydroxylation is 2. The van der Waals surface area contributed by atoms with Gasteiger partial charge in [-0.05, 0) is 109 Å². The van der Waals surface area contributed by atoms with E-state index in [1.54, 1.807) is 16.7 Å². The predicted octanol–water partition coefficient (Wildman–Crippen LogP) is 6.16. The maximum atomic E-state index is 11.1. The Balaban J connectivity index is 1.37. The van der Waals surface area contributed by atoms with Crippen LogP contribution in [0.15, 0.2) is 60.7 Å². The summed E-state index contributed by atoms with van der Waals surface area (Å²) >= 11 is 0. The molecule has 3 aromatic rings. The van der Waals surface area contributed by atoms with E-state index < -0.39 is 0 Å². The number of anilines is 1. The molecule has 1 heterocycles. The van der Waals surface area contributed by atoms with Crippen LogP contribution in [0.25, 0.3) is 0 Å². The molecule has 0 amide bonds. The summed E-state index contributed by atoms with van der Waals surface area (Å²) in [7, 11) is 0. The lowest BCUT2D eigenvalue weighted by Crippen LogP contribution is -2.34. The van der Waals surface area contributed by atoms with Gasteiger partial charge in [-0.3, -0.25) is 0 Å². The summed E-state index contributed by atoms with van der Waals surface area (Å²) in [6.45, 7) is 1.90. The molecule has 174 valence electrons. The summed E-state index contributed by atoms with van der Waals surface area (Å²) in [5, 5.41) is 10.1. The lowest BCUT2D eigenvalue weighted by molar-refractivity contribution is -0.111. The van der Waals surface area contributed by atoms with Crippen LogP contribution in [0.1, 0.15) is 70.9 Å². The smallest absolute Gasteiger partial charge is 0.123 e. The summed E-state index contributed by atoms with van der Waals surface area (Å²) in [5.41, 5.74) is 9.94. The number of benzene rings is 3.